The van der Waals surface area contributed by atoms with Crippen molar-refractivity contribution in [2.24, 2.45) is 0 Å². The SMILES string of the molecule is O=C(CCCC(=O)N[C@@H](CS(=O)(=O)O)C(=O)O)Cc1ccccc1. The highest BCUT2D eigenvalue weighted by Gasteiger charge is 2.25. The van der Waals surface area contributed by atoms with Crippen LogP contribution in [-0.2, 0) is 30.9 Å². The number of carbonyl (C=O) groups excluding carboxylic acids is 2. The van der Waals surface area contributed by atoms with Crippen LogP contribution in [0.4, 0.5) is 0 Å². The fourth-order valence-corrected chi connectivity index (χ4v) is 2.66. The van der Waals surface area contributed by atoms with E-state index >= 15 is 0 Å². The number of ketones is 1. The van der Waals surface area contributed by atoms with Gasteiger partial charge in [0.05, 0.1) is 0 Å². The summed E-state index contributed by atoms with van der Waals surface area (Å²) >= 11 is 0. The summed E-state index contributed by atoms with van der Waals surface area (Å²) in [6, 6.07) is 7.38. The van der Waals surface area contributed by atoms with E-state index in [2.05, 4.69) is 0 Å². The topological polar surface area (TPSA) is 138 Å². The average molecular weight is 357 g/mol. The molecule has 1 aromatic rings. The minimum absolute atomic E-state index is 0.0540. The molecule has 8 nitrogen and oxygen atoms in total. The number of rotatable bonds is 10. The molecule has 0 bridgehead atoms. The summed E-state index contributed by atoms with van der Waals surface area (Å²) in [4.78, 5) is 34.2. The maximum Gasteiger partial charge on any atom is 0.327 e. The summed E-state index contributed by atoms with van der Waals surface area (Å²) in [7, 11) is -4.53. The second kappa shape index (κ2) is 9.14. The van der Waals surface area contributed by atoms with E-state index in [1.54, 1.807) is 0 Å². The average Bonchev–Trinajstić information content (AvgIpc) is 2.46. The van der Waals surface area contributed by atoms with Gasteiger partial charge in [0.1, 0.15) is 17.6 Å². The predicted molar refractivity (Wildman–Crippen MR) is 85.0 cm³/mol. The summed E-state index contributed by atoms with van der Waals surface area (Å²) in [6.07, 6.45) is 0.507. The Morgan fingerprint density at radius 2 is 1.71 bits per heavy atom. The van der Waals surface area contributed by atoms with E-state index in [-0.39, 0.29) is 31.5 Å². The molecule has 0 saturated heterocycles. The monoisotopic (exact) mass is 357 g/mol. The number of carbonyl (C=O) groups is 3. The van der Waals surface area contributed by atoms with E-state index in [0.29, 0.717) is 0 Å². The van der Waals surface area contributed by atoms with Crippen LogP contribution in [-0.4, -0.2) is 47.5 Å². The third kappa shape index (κ3) is 8.39. The molecule has 0 unspecified atom stereocenters. The van der Waals surface area contributed by atoms with Gasteiger partial charge in [0.15, 0.2) is 0 Å². The van der Waals surface area contributed by atoms with Gasteiger partial charge in [-0.25, -0.2) is 4.79 Å². The first-order valence-corrected chi connectivity index (χ1v) is 8.81. The number of nitrogens with one attached hydrogen (secondary N) is 1. The number of hydrogen-bond donors (Lipinski definition) is 3. The summed E-state index contributed by atoms with van der Waals surface area (Å²) in [5.41, 5.74) is 0.867. The van der Waals surface area contributed by atoms with Gasteiger partial charge in [-0.3, -0.25) is 14.1 Å². The van der Waals surface area contributed by atoms with Gasteiger partial charge in [0.25, 0.3) is 10.1 Å². The first-order chi connectivity index (χ1) is 11.2. The van der Waals surface area contributed by atoms with Crippen molar-refractivity contribution in [3.05, 3.63) is 35.9 Å². The first kappa shape index (κ1) is 19.8. The minimum atomic E-state index is -4.53. The molecule has 0 radical (unpaired) electrons. The van der Waals surface area contributed by atoms with E-state index < -0.39 is 33.8 Å². The van der Waals surface area contributed by atoms with Crippen molar-refractivity contribution < 1.29 is 32.5 Å². The number of Topliss-reactive ketones (excluding diaryl/α,β-unsaturated/α-hetero) is 1. The molecule has 0 heterocycles. The molecule has 0 aliphatic rings. The van der Waals surface area contributed by atoms with Crippen molar-refractivity contribution in [3.8, 4) is 0 Å². The Labute approximate surface area is 139 Å². The van der Waals surface area contributed by atoms with Crippen LogP contribution in [0.5, 0.6) is 0 Å². The molecule has 0 aliphatic carbocycles. The van der Waals surface area contributed by atoms with Crippen molar-refractivity contribution in [3.63, 3.8) is 0 Å². The van der Waals surface area contributed by atoms with Gasteiger partial charge in [-0.2, -0.15) is 8.42 Å². The van der Waals surface area contributed by atoms with Crippen molar-refractivity contribution >= 4 is 27.8 Å². The Bertz CT molecular complexity index is 685. The number of amides is 1. The van der Waals surface area contributed by atoms with Crippen LogP contribution < -0.4 is 5.32 Å². The maximum absolute atomic E-state index is 11.8. The molecule has 1 rings (SSSR count). The normalized spacial score (nSPS) is 12.4. The van der Waals surface area contributed by atoms with Crippen molar-refractivity contribution in [2.45, 2.75) is 31.7 Å². The second-order valence-electron chi connectivity index (χ2n) is 5.26. The Morgan fingerprint density at radius 1 is 1.08 bits per heavy atom. The first-order valence-electron chi connectivity index (χ1n) is 7.20. The van der Waals surface area contributed by atoms with Crippen LogP contribution in [0.25, 0.3) is 0 Å². The van der Waals surface area contributed by atoms with Crippen LogP contribution >= 0.6 is 0 Å². The van der Waals surface area contributed by atoms with E-state index in [1.165, 1.54) is 0 Å². The van der Waals surface area contributed by atoms with Gasteiger partial charge in [-0.15, -0.1) is 0 Å². The predicted octanol–water partition coefficient (Wildman–Crippen LogP) is 0.426. The lowest BCUT2D eigenvalue weighted by Gasteiger charge is -2.12. The molecular formula is C15H19NO7S. The number of carboxylic acid groups (broad SMARTS) is 1. The van der Waals surface area contributed by atoms with Crippen LogP contribution in [0.2, 0.25) is 0 Å². The fraction of sp³-hybridized carbons (Fsp3) is 0.400. The van der Waals surface area contributed by atoms with Gasteiger partial charge in [0.2, 0.25) is 5.91 Å². The molecule has 24 heavy (non-hydrogen) atoms. The van der Waals surface area contributed by atoms with Crippen LogP contribution in [0.1, 0.15) is 24.8 Å². The van der Waals surface area contributed by atoms with Gasteiger partial charge < -0.3 is 10.4 Å². The number of carboxylic acids is 1. The quantitative estimate of drug-likeness (QED) is 0.516. The Hall–Kier alpha value is -2.26. The maximum atomic E-state index is 11.8. The lowest BCUT2D eigenvalue weighted by Crippen LogP contribution is -2.45. The molecule has 1 atom stereocenters. The van der Waals surface area contributed by atoms with Crippen molar-refractivity contribution in [1.82, 2.24) is 5.32 Å². The molecular weight excluding hydrogens is 338 g/mol. The van der Waals surface area contributed by atoms with E-state index in [1.807, 2.05) is 35.6 Å². The van der Waals surface area contributed by atoms with Gasteiger partial charge in [-0.1, -0.05) is 30.3 Å². The minimum Gasteiger partial charge on any atom is -0.480 e. The summed E-state index contributed by atoms with van der Waals surface area (Å²) in [5, 5.41) is 10.8. The second-order valence-corrected chi connectivity index (χ2v) is 6.76. The molecule has 9 heteroatoms. The van der Waals surface area contributed by atoms with Crippen molar-refractivity contribution in [2.75, 3.05) is 5.75 Å². The molecule has 1 aromatic carbocycles. The summed E-state index contributed by atoms with van der Waals surface area (Å²) < 4.78 is 30.1. The highest BCUT2D eigenvalue weighted by atomic mass is 32.2. The molecule has 0 saturated carbocycles. The van der Waals surface area contributed by atoms with Gasteiger partial charge in [0, 0.05) is 19.3 Å². The lowest BCUT2D eigenvalue weighted by atomic mass is 10.0. The smallest absolute Gasteiger partial charge is 0.327 e. The Kier molecular flexibility index (Phi) is 7.53. The van der Waals surface area contributed by atoms with E-state index in [4.69, 9.17) is 9.66 Å². The van der Waals surface area contributed by atoms with Crippen molar-refractivity contribution in [1.29, 1.82) is 0 Å². The van der Waals surface area contributed by atoms with Gasteiger partial charge in [-0.05, 0) is 12.0 Å². The van der Waals surface area contributed by atoms with E-state index in [0.717, 1.165) is 5.56 Å². The highest BCUT2D eigenvalue weighted by Crippen LogP contribution is 2.05. The number of hydrogen-bond acceptors (Lipinski definition) is 5. The fourth-order valence-electron chi connectivity index (χ4n) is 2.01. The summed E-state index contributed by atoms with van der Waals surface area (Å²) in [5.74, 6) is -3.43. The third-order valence-corrected chi connectivity index (χ3v) is 3.87. The zero-order chi connectivity index (χ0) is 18.2. The zero-order valence-corrected chi connectivity index (χ0v) is 13.7. The van der Waals surface area contributed by atoms with Crippen LogP contribution in [0.3, 0.4) is 0 Å². The van der Waals surface area contributed by atoms with E-state index in [9.17, 15) is 22.8 Å². The number of benzene rings is 1. The number of aliphatic carboxylic acids is 1. The molecule has 0 fully saturated rings. The molecule has 0 aliphatic heterocycles. The molecule has 1 amide bonds. The van der Waals surface area contributed by atoms with Gasteiger partial charge >= 0.3 is 5.97 Å². The Balaban J connectivity index is 2.37. The summed E-state index contributed by atoms with van der Waals surface area (Å²) in [6.45, 7) is 0. The zero-order valence-electron chi connectivity index (χ0n) is 12.8. The molecule has 0 spiro atoms. The highest BCUT2D eigenvalue weighted by molar-refractivity contribution is 7.85. The molecule has 0 aromatic heterocycles. The van der Waals surface area contributed by atoms with Crippen LogP contribution in [0.15, 0.2) is 30.3 Å². The largest absolute Gasteiger partial charge is 0.480 e. The lowest BCUT2D eigenvalue weighted by molar-refractivity contribution is -0.141. The standard InChI is InChI=1S/C15H19NO7S/c17-12(9-11-5-2-1-3-6-11)7-4-8-14(18)16-13(15(19)20)10-24(21,22)23/h1-3,5-6,13H,4,7-10H2,(H,16,18)(H,19,20)(H,21,22,23)/t13-/m0/s1. The Morgan fingerprint density at radius 3 is 2.25 bits per heavy atom. The molecule has 132 valence electrons. The third-order valence-electron chi connectivity index (χ3n) is 3.11. The van der Waals surface area contributed by atoms with Crippen LogP contribution in [0, 0.1) is 0 Å². The molecule has 3 N–H and O–H groups in total.